The summed E-state index contributed by atoms with van der Waals surface area (Å²) in [5, 5.41) is 3.20. The average Bonchev–Trinajstić information content (AvgIpc) is 2.89. The van der Waals surface area contributed by atoms with Crippen molar-refractivity contribution in [1.29, 1.82) is 0 Å². The Balaban J connectivity index is 1.69. The standard InChI is InChI=1S/C13H26N2O/c1-14-9-12-7-8-13(16-12)10-15(2)11-5-3-4-6-11/h11-14H,3-10H2,1-2H3. The molecule has 0 amide bonds. The number of nitrogens with zero attached hydrogens (tertiary/aromatic N) is 1. The van der Waals surface area contributed by atoms with E-state index in [2.05, 4.69) is 17.3 Å². The molecule has 2 atom stereocenters. The molecule has 0 aromatic heterocycles. The highest BCUT2D eigenvalue weighted by Crippen LogP contribution is 2.25. The second-order valence-electron chi connectivity index (χ2n) is 5.39. The highest BCUT2D eigenvalue weighted by molar-refractivity contribution is 4.81. The van der Waals surface area contributed by atoms with Gasteiger partial charge in [-0.25, -0.2) is 0 Å². The van der Waals surface area contributed by atoms with E-state index < -0.39 is 0 Å². The molecule has 2 rings (SSSR count). The van der Waals surface area contributed by atoms with E-state index in [0.29, 0.717) is 12.2 Å². The maximum Gasteiger partial charge on any atom is 0.0707 e. The fraction of sp³-hybridized carbons (Fsp3) is 1.00. The molecule has 0 bridgehead atoms. The minimum Gasteiger partial charge on any atom is -0.372 e. The lowest BCUT2D eigenvalue weighted by Gasteiger charge is -2.27. The monoisotopic (exact) mass is 226 g/mol. The topological polar surface area (TPSA) is 24.5 Å². The van der Waals surface area contributed by atoms with Crippen molar-refractivity contribution < 1.29 is 4.74 Å². The smallest absolute Gasteiger partial charge is 0.0707 e. The minimum atomic E-state index is 0.451. The van der Waals surface area contributed by atoms with Crippen LogP contribution in [-0.2, 0) is 4.74 Å². The Hall–Kier alpha value is -0.120. The van der Waals surface area contributed by atoms with Gasteiger partial charge in [0.1, 0.15) is 0 Å². The zero-order valence-corrected chi connectivity index (χ0v) is 10.7. The summed E-state index contributed by atoms with van der Waals surface area (Å²) in [4.78, 5) is 2.53. The van der Waals surface area contributed by atoms with Gasteiger partial charge >= 0.3 is 0 Å². The number of hydrogen-bond donors (Lipinski definition) is 1. The molecule has 1 aliphatic carbocycles. The maximum atomic E-state index is 6.03. The van der Waals surface area contributed by atoms with Crippen molar-refractivity contribution in [2.75, 3.05) is 27.2 Å². The Labute approximate surface area is 99.5 Å². The number of nitrogens with one attached hydrogen (secondary N) is 1. The zero-order valence-electron chi connectivity index (χ0n) is 10.7. The fourth-order valence-electron chi connectivity index (χ4n) is 3.11. The van der Waals surface area contributed by atoms with Crippen molar-refractivity contribution in [2.24, 2.45) is 0 Å². The molecule has 3 heteroatoms. The molecule has 1 N–H and O–H groups in total. The van der Waals surface area contributed by atoms with E-state index in [1.807, 2.05) is 7.05 Å². The van der Waals surface area contributed by atoms with Crippen LogP contribution < -0.4 is 5.32 Å². The molecule has 94 valence electrons. The van der Waals surface area contributed by atoms with Crippen LogP contribution in [0.25, 0.3) is 0 Å². The first-order valence-electron chi connectivity index (χ1n) is 6.80. The van der Waals surface area contributed by atoms with Gasteiger partial charge in [-0.1, -0.05) is 12.8 Å². The van der Waals surface area contributed by atoms with E-state index in [1.54, 1.807) is 0 Å². The van der Waals surface area contributed by atoms with Crippen LogP contribution in [0.15, 0.2) is 0 Å². The molecular formula is C13H26N2O. The summed E-state index contributed by atoms with van der Waals surface area (Å²) in [5.74, 6) is 0. The zero-order chi connectivity index (χ0) is 11.4. The van der Waals surface area contributed by atoms with Crippen LogP contribution in [0.1, 0.15) is 38.5 Å². The lowest BCUT2D eigenvalue weighted by atomic mass is 10.1. The molecule has 0 aromatic carbocycles. The first-order chi connectivity index (χ1) is 7.79. The second-order valence-corrected chi connectivity index (χ2v) is 5.39. The Morgan fingerprint density at radius 1 is 1.12 bits per heavy atom. The summed E-state index contributed by atoms with van der Waals surface area (Å²) in [6.45, 7) is 2.13. The normalized spacial score (nSPS) is 31.7. The molecule has 3 nitrogen and oxygen atoms in total. The molecule has 2 unspecified atom stereocenters. The molecule has 16 heavy (non-hydrogen) atoms. The number of likely N-dealkylation sites (N-methyl/N-ethyl adjacent to an activating group) is 2. The summed E-state index contributed by atoms with van der Waals surface area (Å²) in [6.07, 6.45) is 9.02. The first-order valence-corrected chi connectivity index (χ1v) is 6.80. The molecule has 0 aromatic rings. The molecule has 2 aliphatic rings. The largest absolute Gasteiger partial charge is 0.372 e. The molecule has 0 radical (unpaired) electrons. The Morgan fingerprint density at radius 3 is 2.50 bits per heavy atom. The number of hydrogen-bond acceptors (Lipinski definition) is 3. The Morgan fingerprint density at radius 2 is 1.81 bits per heavy atom. The van der Waals surface area contributed by atoms with Crippen molar-refractivity contribution in [3.63, 3.8) is 0 Å². The number of ether oxygens (including phenoxy) is 1. The fourth-order valence-corrected chi connectivity index (χ4v) is 3.11. The van der Waals surface area contributed by atoms with E-state index in [-0.39, 0.29) is 0 Å². The lowest BCUT2D eigenvalue weighted by molar-refractivity contribution is 0.0218. The van der Waals surface area contributed by atoms with Crippen LogP contribution in [0, 0.1) is 0 Å². The van der Waals surface area contributed by atoms with Crippen LogP contribution in [0.2, 0.25) is 0 Å². The van der Waals surface area contributed by atoms with Crippen molar-refractivity contribution in [3.05, 3.63) is 0 Å². The van der Waals surface area contributed by atoms with Crippen molar-refractivity contribution in [2.45, 2.75) is 56.8 Å². The molecule has 0 spiro atoms. The second kappa shape index (κ2) is 5.99. The average molecular weight is 226 g/mol. The van der Waals surface area contributed by atoms with Gasteiger partial charge in [-0.3, -0.25) is 0 Å². The van der Waals surface area contributed by atoms with Gasteiger partial charge in [0.05, 0.1) is 12.2 Å². The van der Waals surface area contributed by atoms with Crippen molar-refractivity contribution in [3.8, 4) is 0 Å². The first kappa shape index (κ1) is 12.3. The van der Waals surface area contributed by atoms with Crippen LogP contribution in [-0.4, -0.2) is 50.3 Å². The maximum absolute atomic E-state index is 6.03. The van der Waals surface area contributed by atoms with Gasteiger partial charge in [0.25, 0.3) is 0 Å². The van der Waals surface area contributed by atoms with Gasteiger partial charge < -0.3 is 15.0 Å². The van der Waals surface area contributed by atoms with E-state index in [1.165, 1.54) is 38.5 Å². The highest BCUT2D eigenvalue weighted by Gasteiger charge is 2.28. The third kappa shape index (κ3) is 3.19. The molecule has 2 fully saturated rings. The third-order valence-electron chi connectivity index (χ3n) is 4.07. The summed E-state index contributed by atoms with van der Waals surface area (Å²) >= 11 is 0. The summed E-state index contributed by atoms with van der Waals surface area (Å²) in [7, 11) is 4.27. The van der Waals surface area contributed by atoms with Gasteiger partial charge in [0.15, 0.2) is 0 Å². The molecule has 1 aliphatic heterocycles. The lowest BCUT2D eigenvalue weighted by Crippen LogP contribution is -2.36. The third-order valence-corrected chi connectivity index (χ3v) is 4.07. The van der Waals surface area contributed by atoms with Crippen LogP contribution in [0.5, 0.6) is 0 Å². The summed E-state index contributed by atoms with van der Waals surface area (Å²) < 4.78 is 6.03. The predicted molar refractivity (Wildman–Crippen MR) is 66.7 cm³/mol. The van der Waals surface area contributed by atoms with E-state index in [4.69, 9.17) is 4.74 Å². The van der Waals surface area contributed by atoms with Crippen LogP contribution >= 0.6 is 0 Å². The van der Waals surface area contributed by atoms with E-state index in [0.717, 1.165) is 19.1 Å². The number of rotatable bonds is 5. The van der Waals surface area contributed by atoms with Gasteiger partial charge in [-0.2, -0.15) is 0 Å². The predicted octanol–water partition coefficient (Wildman–Crippen LogP) is 1.63. The van der Waals surface area contributed by atoms with Gasteiger partial charge in [-0.05, 0) is 39.8 Å². The SMILES string of the molecule is CNCC1CCC(CN(C)C2CCCC2)O1. The van der Waals surface area contributed by atoms with Gasteiger partial charge in [0.2, 0.25) is 0 Å². The van der Waals surface area contributed by atoms with Crippen LogP contribution in [0.3, 0.4) is 0 Å². The summed E-state index contributed by atoms with van der Waals surface area (Å²) in [6, 6.07) is 0.826. The van der Waals surface area contributed by atoms with Crippen LogP contribution in [0.4, 0.5) is 0 Å². The molecule has 1 heterocycles. The molecular weight excluding hydrogens is 200 g/mol. The van der Waals surface area contributed by atoms with Crippen molar-refractivity contribution >= 4 is 0 Å². The summed E-state index contributed by atoms with van der Waals surface area (Å²) in [5.41, 5.74) is 0. The van der Waals surface area contributed by atoms with Crippen molar-refractivity contribution in [1.82, 2.24) is 10.2 Å². The van der Waals surface area contributed by atoms with Gasteiger partial charge in [-0.15, -0.1) is 0 Å². The van der Waals surface area contributed by atoms with Gasteiger partial charge in [0, 0.05) is 19.1 Å². The Kier molecular flexibility index (Phi) is 4.62. The Bertz CT molecular complexity index is 204. The highest BCUT2D eigenvalue weighted by atomic mass is 16.5. The quantitative estimate of drug-likeness (QED) is 0.771. The van der Waals surface area contributed by atoms with E-state index >= 15 is 0 Å². The minimum absolute atomic E-state index is 0.451. The molecule has 1 saturated heterocycles. The van der Waals surface area contributed by atoms with E-state index in [9.17, 15) is 0 Å². The molecule has 1 saturated carbocycles.